The Balaban J connectivity index is 1.98. The molecule has 1 aliphatic carbocycles. The number of amides is 1. The highest BCUT2D eigenvalue weighted by Crippen LogP contribution is 2.28. The molecular weight excluding hydrogens is 387 g/mol. The Morgan fingerprint density at radius 1 is 1.05 bits per heavy atom. The first-order valence-electron chi connectivity index (χ1n) is 7.76. The number of hydrogen-bond acceptors (Lipinski definition) is 2. The molecule has 1 saturated carbocycles. The molecule has 0 N–H and O–H groups in total. The number of halogens is 1. The topological polar surface area (TPSA) is 33.2 Å². The molecule has 4 heteroatoms. The summed E-state index contributed by atoms with van der Waals surface area (Å²) in [7, 11) is 0. The van der Waals surface area contributed by atoms with Crippen LogP contribution in [0.5, 0.6) is 0 Å². The zero-order valence-corrected chi connectivity index (χ0v) is 14.6. The fraction of sp³-hybridized carbons (Fsp3) is 0.333. The van der Waals surface area contributed by atoms with Gasteiger partial charge in [-0.1, -0.05) is 37.5 Å². The molecule has 0 bridgehead atoms. The lowest BCUT2D eigenvalue weighted by Gasteiger charge is -2.33. The summed E-state index contributed by atoms with van der Waals surface area (Å²) in [6, 6.07) is 13.8. The van der Waals surface area contributed by atoms with Gasteiger partial charge in [0.05, 0.1) is 5.56 Å². The van der Waals surface area contributed by atoms with Crippen LogP contribution in [0.2, 0.25) is 0 Å². The third-order valence-electron chi connectivity index (χ3n) is 4.16. The summed E-state index contributed by atoms with van der Waals surface area (Å²) in [5.74, 6) is 0.828. The van der Waals surface area contributed by atoms with Crippen LogP contribution in [-0.2, 0) is 0 Å². The van der Waals surface area contributed by atoms with Crippen molar-refractivity contribution in [2.24, 2.45) is 0 Å². The summed E-state index contributed by atoms with van der Waals surface area (Å²) in [5, 5.41) is 0. The first-order valence-corrected chi connectivity index (χ1v) is 8.84. The number of nitrogens with zero attached hydrogens (tertiary/aromatic N) is 2. The number of rotatable bonds is 3. The molecule has 0 unspecified atom stereocenters. The van der Waals surface area contributed by atoms with Gasteiger partial charge in [0.25, 0.3) is 5.91 Å². The minimum Gasteiger partial charge on any atom is -0.290 e. The SMILES string of the molecule is O=C(c1ccccc1I)N(c1ccccn1)C1CCCCC1. The maximum Gasteiger partial charge on any atom is 0.260 e. The van der Waals surface area contributed by atoms with Gasteiger partial charge in [-0.15, -0.1) is 0 Å². The summed E-state index contributed by atoms with van der Waals surface area (Å²) in [6.45, 7) is 0. The second-order valence-electron chi connectivity index (χ2n) is 5.63. The Bertz CT molecular complexity index is 639. The lowest BCUT2D eigenvalue weighted by atomic mass is 9.93. The van der Waals surface area contributed by atoms with Crippen molar-refractivity contribution in [3.05, 3.63) is 57.8 Å². The predicted molar refractivity (Wildman–Crippen MR) is 97.1 cm³/mol. The minimum atomic E-state index is 0.0654. The molecule has 0 radical (unpaired) electrons. The smallest absolute Gasteiger partial charge is 0.260 e. The van der Waals surface area contributed by atoms with Crippen molar-refractivity contribution in [3.8, 4) is 0 Å². The van der Waals surface area contributed by atoms with Crippen LogP contribution >= 0.6 is 22.6 Å². The zero-order valence-electron chi connectivity index (χ0n) is 12.4. The van der Waals surface area contributed by atoms with Crippen LogP contribution < -0.4 is 4.90 Å². The molecule has 1 aliphatic rings. The van der Waals surface area contributed by atoms with E-state index in [1.165, 1.54) is 19.3 Å². The van der Waals surface area contributed by atoms with Gasteiger partial charge in [-0.05, 0) is 59.7 Å². The first kappa shape index (κ1) is 15.5. The Labute approximate surface area is 144 Å². The van der Waals surface area contributed by atoms with Gasteiger partial charge in [0, 0.05) is 15.8 Å². The summed E-state index contributed by atoms with van der Waals surface area (Å²) < 4.78 is 0.988. The number of hydrogen-bond donors (Lipinski definition) is 0. The third-order valence-corrected chi connectivity index (χ3v) is 5.10. The molecule has 3 nitrogen and oxygen atoms in total. The second kappa shape index (κ2) is 7.22. The number of pyridine rings is 1. The third kappa shape index (κ3) is 3.32. The summed E-state index contributed by atoms with van der Waals surface area (Å²) in [4.78, 5) is 19.5. The van der Waals surface area contributed by atoms with Gasteiger partial charge < -0.3 is 0 Å². The summed E-state index contributed by atoms with van der Waals surface area (Å²) in [5.41, 5.74) is 0.763. The Kier molecular flexibility index (Phi) is 5.08. The Morgan fingerprint density at radius 2 is 1.77 bits per heavy atom. The number of carbonyl (C=O) groups excluding carboxylic acids is 1. The molecule has 2 aromatic rings. The van der Waals surface area contributed by atoms with Gasteiger partial charge in [0.1, 0.15) is 5.82 Å². The monoisotopic (exact) mass is 406 g/mol. The minimum absolute atomic E-state index is 0.0654. The van der Waals surface area contributed by atoms with Crippen LogP contribution in [0.3, 0.4) is 0 Å². The lowest BCUT2D eigenvalue weighted by Crippen LogP contribution is -2.42. The summed E-state index contributed by atoms with van der Waals surface area (Å²) >= 11 is 2.23. The van der Waals surface area contributed by atoms with Crippen molar-refractivity contribution in [2.45, 2.75) is 38.1 Å². The number of aromatic nitrogens is 1. The van der Waals surface area contributed by atoms with Crippen LogP contribution in [0.25, 0.3) is 0 Å². The van der Waals surface area contributed by atoms with E-state index in [9.17, 15) is 4.79 Å². The molecule has 1 heterocycles. The van der Waals surface area contributed by atoms with Crippen LogP contribution in [0.1, 0.15) is 42.5 Å². The van der Waals surface area contributed by atoms with E-state index in [-0.39, 0.29) is 11.9 Å². The number of benzene rings is 1. The standard InChI is InChI=1S/C18H19IN2O/c19-16-11-5-4-10-15(16)18(22)21(14-8-2-1-3-9-14)17-12-6-7-13-20-17/h4-7,10-14H,1-3,8-9H2. The van der Waals surface area contributed by atoms with Crippen molar-refractivity contribution < 1.29 is 4.79 Å². The van der Waals surface area contributed by atoms with Gasteiger partial charge in [0.15, 0.2) is 0 Å². The van der Waals surface area contributed by atoms with Crippen molar-refractivity contribution >= 4 is 34.3 Å². The Hall–Kier alpha value is -1.43. The zero-order chi connectivity index (χ0) is 15.4. The van der Waals surface area contributed by atoms with E-state index < -0.39 is 0 Å². The van der Waals surface area contributed by atoms with E-state index in [0.29, 0.717) is 0 Å². The molecule has 22 heavy (non-hydrogen) atoms. The maximum atomic E-state index is 13.1. The molecule has 0 saturated heterocycles. The fourth-order valence-corrected chi connectivity index (χ4v) is 3.67. The van der Waals surface area contributed by atoms with Gasteiger partial charge in [-0.25, -0.2) is 4.98 Å². The van der Waals surface area contributed by atoms with E-state index >= 15 is 0 Å². The second-order valence-corrected chi connectivity index (χ2v) is 6.80. The Morgan fingerprint density at radius 3 is 2.45 bits per heavy atom. The highest BCUT2D eigenvalue weighted by atomic mass is 127. The van der Waals surface area contributed by atoms with E-state index in [1.807, 2.05) is 47.4 Å². The molecule has 1 aromatic heterocycles. The first-order chi connectivity index (χ1) is 10.8. The molecular formula is C18H19IN2O. The van der Waals surface area contributed by atoms with Crippen LogP contribution in [-0.4, -0.2) is 16.9 Å². The average molecular weight is 406 g/mol. The summed E-state index contributed by atoms with van der Waals surface area (Å²) in [6.07, 6.45) is 7.52. The van der Waals surface area contributed by atoms with Crippen molar-refractivity contribution in [2.75, 3.05) is 4.90 Å². The molecule has 0 atom stereocenters. The van der Waals surface area contributed by atoms with Crippen molar-refractivity contribution in [1.82, 2.24) is 4.98 Å². The molecule has 0 aliphatic heterocycles. The molecule has 0 spiro atoms. The molecule has 114 valence electrons. The fourth-order valence-electron chi connectivity index (χ4n) is 3.06. The highest BCUT2D eigenvalue weighted by Gasteiger charge is 2.29. The molecule has 1 fully saturated rings. The predicted octanol–water partition coefficient (Wildman–Crippen LogP) is 4.67. The van der Waals surface area contributed by atoms with E-state index in [0.717, 1.165) is 27.8 Å². The van der Waals surface area contributed by atoms with Crippen LogP contribution in [0.4, 0.5) is 5.82 Å². The van der Waals surface area contributed by atoms with Gasteiger partial charge >= 0.3 is 0 Å². The van der Waals surface area contributed by atoms with Crippen molar-refractivity contribution in [3.63, 3.8) is 0 Å². The van der Waals surface area contributed by atoms with E-state index in [1.54, 1.807) is 6.20 Å². The normalized spacial score (nSPS) is 15.5. The quantitative estimate of drug-likeness (QED) is 0.695. The van der Waals surface area contributed by atoms with Gasteiger partial charge in [-0.3, -0.25) is 9.69 Å². The van der Waals surface area contributed by atoms with Crippen LogP contribution in [0.15, 0.2) is 48.7 Å². The highest BCUT2D eigenvalue weighted by molar-refractivity contribution is 14.1. The molecule has 1 aromatic carbocycles. The maximum absolute atomic E-state index is 13.1. The molecule has 1 amide bonds. The average Bonchev–Trinajstić information content (AvgIpc) is 2.57. The van der Waals surface area contributed by atoms with E-state index in [2.05, 4.69) is 27.6 Å². The van der Waals surface area contributed by atoms with Gasteiger partial charge in [-0.2, -0.15) is 0 Å². The largest absolute Gasteiger partial charge is 0.290 e. The van der Waals surface area contributed by atoms with Crippen molar-refractivity contribution in [1.29, 1.82) is 0 Å². The lowest BCUT2D eigenvalue weighted by molar-refractivity contribution is 0.0969. The van der Waals surface area contributed by atoms with Gasteiger partial charge in [0.2, 0.25) is 0 Å². The number of carbonyl (C=O) groups is 1. The van der Waals surface area contributed by atoms with E-state index in [4.69, 9.17) is 0 Å². The number of anilines is 1. The van der Waals surface area contributed by atoms with Crippen LogP contribution in [0, 0.1) is 3.57 Å². The molecule has 3 rings (SSSR count).